The number of nitrogens with one attached hydrogen (secondary N) is 1. The summed E-state index contributed by atoms with van der Waals surface area (Å²) in [6.07, 6.45) is 4.50. The molecule has 0 saturated heterocycles. The Bertz CT molecular complexity index is 231. The first-order valence-electron chi connectivity index (χ1n) is 6.05. The second kappa shape index (κ2) is 9.93. The van der Waals surface area contributed by atoms with Crippen molar-refractivity contribution in [3.05, 3.63) is 0 Å². The highest BCUT2D eigenvalue weighted by Crippen LogP contribution is 2.09. The van der Waals surface area contributed by atoms with Gasteiger partial charge in [-0.3, -0.25) is 4.79 Å². The van der Waals surface area contributed by atoms with E-state index in [2.05, 4.69) is 21.7 Å². The van der Waals surface area contributed by atoms with E-state index in [1.807, 2.05) is 0 Å². The molecule has 0 aromatic heterocycles. The Kier molecular flexibility index (Phi) is 9.19. The molecule has 1 atom stereocenters. The Labute approximate surface area is 103 Å². The van der Waals surface area contributed by atoms with E-state index in [4.69, 9.17) is 0 Å². The summed E-state index contributed by atoms with van der Waals surface area (Å²) in [6, 6.07) is 0.0760. The first-order valence-corrected chi connectivity index (χ1v) is 6.05. The van der Waals surface area contributed by atoms with Gasteiger partial charge in [0.05, 0.1) is 14.2 Å². The number of hydrogen-bond donors (Lipinski definition) is 1. The lowest BCUT2D eigenvalue weighted by atomic mass is 10.0. The van der Waals surface area contributed by atoms with Gasteiger partial charge in [-0.2, -0.15) is 0 Å². The third-order valence-electron chi connectivity index (χ3n) is 2.57. The van der Waals surface area contributed by atoms with E-state index in [-0.39, 0.29) is 12.0 Å². The molecule has 0 fully saturated rings. The number of ether oxygens (including phenoxy) is 2. The number of hydrogen-bond acceptors (Lipinski definition) is 4. The Morgan fingerprint density at radius 1 is 1.12 bits per heavy atom. The smallest absolute Gasteiger partial charge is 0.407 e. The van der Waals surface area contributed by atoms with Crippen molar-refractivity contribution in [1.29, 1.82) is 0 Å². The van der Waals surface area contributed by atoms with Crippen LogP contribution in [0.2, 0.25) is 0 Å². The number of carbonyl (C=O) groups excluding carboxylic acids is 2. The standard InChI is InChI=1S/C12H23NO4/c1-4-5-7-10(13-12(15)17-3)8-6-9-11(14)16-2/h10H,4-9H2,1-3H3,(H,13,15). The Hall–Kier alpha value is -1.26. The Balaban J connectivity index is 3.91. The van der Waals surface area contributed by atoms with Crippen molar-refractivity contribution in [3.8, 4) is 0 Å². The lowest BCUT2D eigenvalue weighted by Gasteiger charge is -2.17. The van der Waals surface area contributed by atoms with Crippen LogP contribution in [-0.4, -0.2) is 32.3 Å². The molecule has 1 amide bonds. The average Bonchev–Trinajstić information content (AvgIpc) is 2.34. The second-order valence-corrected chi connectivity index (χ2v) is 3.94. The van der Waals surface area contributed by atoms with Crippen LogP contribution < -0.4 is 5.32 Å². The zero-order chi connectivity index (χ0) is 13.1. The van der Waals surface area contributed by atoms with Gasteiger partial charge in [0, 0.05) is 12.5 Å². The average molecular weight is 245 g/mol. The predicted octanol–water partition coefficient (Wildman–Crippen LogP) is 2.24. The highest BCUT2D eigenvalue weighted by Gasteiger charge is 2.12. The van der Waals surface area contributed by atoms with Crippen molar-refractivity contribution in [1.82, 2.24) is 5.32 Å². The molecule has 5 nitrogen and oxygen atoms in total. The molecule has 0 saturated carbocycles. The SMILES string of the molecule is CCCCC(CCCC(=O)OC)NC(=O)OC. The van der Waals surface area contributed by atoms with Crippen molar-refractivity contribution in [3.63, 3.8) is 0 Å². The fourth-order valence-corrected chi connectivity index (χ4v) is 1.56. The first-order chi connectivity index (χ1) is 8.13. The summed E-state index contributed by atoms with van der Waals surface area (Å²) < 4.78 is 9.13. The van der Waals surface area contributed by atoms with Crippen LogP contribution in [0.1, 0.15) is 45.4 Å². The van der Waals surface area contributed by atoms with Gasteiger partial charge in [-0.25, -0.2) is 4.79 Å². The number of esters is 1. The summed E-state index contributed by atoms with van der Waals surface area (Å²) in [7, 11) is 2.73. The molecule has 0 bridgehead atoms. The zero-order valence-corrected chi connectivity index (χ0v) is 11.0. The molecule has 17 heavy (non-hydrogen) atoms. The molecule has 0 spiro atoms. The maximum absolute atomic E-state index is 11.1. The van der Waals surface area contributed by atoms with E-state index in [1.165, 1.54) is 14.2 Å². The van der Waals surface area contributed by atoms with Gasteiger partial charge in [0.15, 0.2) is 0 Å². The summed E-state index contributed by atoms with van der Waals surface area (Å²) in [5, 5.41) is 2.78. The van der Waals surface area contributed by atoms with Crippen LogP contribution in [0.4, 0.5) is 4.79 Å². The lowest BCUT2D eigenvalue weighted by molar-refractivity contribution is -0.140. The van der Waals surface area contributed by atoms with Crippen molar-refractivity contribution in [2.45, 2.75) is 51.5 Å². The van der Waals surface area contributed by atoms with E-state index in [9.17, 15) is 9.59 Å². The lowest BCUT2D eigenvalue weighted by Crippen LogP contribution is -2.34. The van der Waals surface area contributed by atoms with E-state index in [1.54, 1.807) is 0 Å². The number of methoxy groups -OCH3 is 2. The topological polar surface area (TPSA) is 64.6 Å². The summed E-state index contributed by atoms with van der Waals surface area (Å²) in [5.41, 5.74) is 0. The van der Waals surface area contributed by atoms with E-state index >= 15 is 0 Å². The minimum Gasteiger partial charge on any atom is -0.469 e. The largest absolute Gasteiger partial charge is 0.469 e. The van der Waals surface area contributed by atoms with Gasteiger partial charge in [0.2, 0.25) is 0 Å². The number of rotatable bonds is 8. The molecule has 0 aromatic carbocycles. The normalized spacial score (nSPS) is 11.7. The molecule has 0 radical (unpaired) electrons. The van der Waals surface area contributed by atoms with E-state index in [0.29, 0.717) is 12.8 Å². The maximum atomic E-state index is 11.1. The number of alkyl carbamates (subject to hydrolysis) is 1. The third-order valence-corrected chi connectivity index (χ3v) is 2.57. The van der Waals surface area contributed by atoms with Crippen molar-refractivity contribution < 1.29 is 19.1 Å². The number of amides is 1. The molecule has 0 aliphatic heterocycles. The van der Waals surface area contributed by atoms with Gasteiger partial charge in [-0.05, 0) is 19.3 Å². The Morgan fingerprint density at radius 3 is 2.29 bits per heavy atom. The number of carbonyl (C=O) groups is 2. The van der Waals surface area contributed by atoms with Crippen molar-refractivity contribution in [2.24, 2.45) is 0 Å². The fourth-order valence-electron chi connectivity index (χ4n) is 1.56. The first kappa shape index (κ1) is 15.7. The zero-order valence-electron chi connectivity index (χ0n) is 11.0. The van der Waals surface area contributed by atoms with Crippen LogP contribution in [-0.2, 0) is 14.3 Å². The van der Waals surface area contributed by atoms with Crippen LogP contribution in [0.25, 0.3) is 0 Å². The van der Waals surface area contributed by atoms with Crippen LogP contribution in [0.15, 0.2) is 0 Å². The molecule has 0 heterocycles. The highest BCUT2D eigenvalue weighted by molar-refractivity contribution is 5.69. The van der Waals surface area contributed by atoms with Gasteiger partial charge in [0.1, 0.15) is 0 Å². The van der Waals surface area contributed by atoms with E-state index < -0.39 is 6.09 Å². The molecule has 1 N–H and O–H groups in total. The minimum absolute atomic E-state index is 0.0760. The fraction of sp³-hybridized carbons (Fsp3) is 0.833. The van der Waals surface area contributed by atoms with Gasteiger partial charge in [-0.1, -0.05) is 19.8 Å². The maximum Gasteiger partial charge on any atom is 0.407 e. The monoisotopic (exact) mass is 245 g/mol. The van der Waals surface area contributed by atoms with Gasteiger partial charge in [0.25, 0.3) is 0 Å². The second-order valence-electron chi connectivity index (χ2n) is 3.94. The summed E-state index contributed by atoms with van der Waals surface area (Å²) >= 11 is 0. The molecule has 0 aliphatic carbocycles. The molecule has 100 valence electrons. The summed E-state index contributed by atoms with van der Waals surface area (Å²) in [6.45, 7) is 2.10. The number of unbranched alkanes of at least 4 members (excludes halogenated alkanes) is 1. The van der Waals surface area contributed by atoms with Crippen LogP contribution in [0, 0.1) is 0 Å². The molecule has 0 rings (SSSR count). The molecular formula is C12H23NO4. The predicted molar refractivity (Wildman–Crippen MR) is 64.7 cm³/mol. The van der Waals surface area contributed by atoms with E-state index in [0.717, 1.165) is 25.7 Å². The molecule has 0 aromatic rings. The quantitative estimate of drug-likeness (QED) is 0.666. The van der Waals surface area contributed by atoms with Crippen molar-refractivity contribution >= 4 is 12.1 Å². The van der Waals surface area contributed by atoms with Gasteiger partial charge >= 0.3 is 12.1 Å². The Morgan fingerprint density at radius 2 is 1.76 bits per heavy atom. The molecule has 0 aliphatic rings. The molecule has 5 heteroatoms. The van der Waals surface area contributed by atoms with Crippen LogP contribution in [0.3, 0.4) is 0 Å². The van der Waals surface area contributed by atoms with Crippen molar-refractivity contribution in [2.75, 3.05) is 14.2 Å². The van der Waals surface area contributed by atoms with Crippen LogP contribution in [0.5, 0.6) is 0 Å². The van der Waals surface area contributed by atoms with Gasteiger partial charge < -0.3 is 14.8 Å². The van der Waals surface area contributed by atoms with Gasteiger partial charge in [-0.15, -0.1) is 0 Å². The third kappa shape index (κ3) is 8.54. The summed E-state index contributed by atoms with van der Waals surface area (Å²) in [4.78, 5) is 22.1. The minimum atomic E-state index is -0.413. The van der Waals surface area contributed by atoms with Crippen LogP contribution >= 0.6 is 0 Å². The molecule has 1 unspecified atom stereocenters. The highest BCUT2D eigenvalue weighted by atomic mass is 16.5. The molecular weight excluding hydrogens is 222 g/mol. The summed E-state index contributed by atoms with van der Waals surface area (Å²) in [5.74, 6) is -0.211.